The van der Waals surface area contributed by atoms with E-state index in [1.807, 2.05) is 63.2 Å². The molecule has 174 valence electrons. The lowest BCUT2D eigenvalue weighted by Crippen LogP contribution is -2.44. The number of carbonyl (C=O) groups excluding carboxylic acids is 2. The number of rotatable bonds is 4. The van der Waals surface area contributed by atoms with Gasteiger partial charge >= 0.3 is 6.09 Å². The van der Waals surface area contributed by atoms with Gasteiger partial charge in [-0.3, -0.25) is 9.78 Å². The van der Waals surface area contributed by atoms with Crippen molar-refractivity contribution in [3.05, 3.63) is 59.9 Å². The van der Waals surface area contributed by atoms with Crippen LogP contribution in [0.15, 0.2) is 53.8 Å². The van der Waals surface area contributed by atoms with E-state index in [0.717, 1.165) is 35.6 Å². The van der Waals surface area contributed by atoms with Crippen LogP contribution in [0.4, 0.5) is 4.79 Å². The number of likely N-dealkylation sites (tertiary alicyclic amines) is 1. The fourth-order valence-electron chi connectivity index (χ4n) is 4.00. The van der Waals surface area contributed by atoms with Gasteiger partial charge in [-0.15, -0.1) is 0 Å². The Labute approximate surface area is 194 Å². The molecule has 1 atom stereocenters. The molecule has 8 nitrogen and oxygen atoms in total. The van der Waals surface area contributed by atoms with Gasteiger partial charge in [0.25, 0.3) is 0 Å². The van der Waals surface area contributed by atoms with Crippen LogP contribution in [-0.4, -0.2) is 52.4 Å². The number of ether oxygens (including phenoxy) is 2. The molecular weight excluding hydrogens is 420 g/mol. The second kappa shape index (κ2) is 9.60. The number of nitrogens with zero attached hydrogens (tertiary/aromatic N) is 3. The average Bonchev–Trinajstić information content (AvgIpc) is 2.80. The maximum absolute atomic E-state index is 12.2. The van der Waals surface area contributed by atoms with Crippen molar-refractivity contribution >= 4 is 17.7 Å². The van der Waals surface area contributed by atoms with E-state index in [2.05, 4.69) is 15.5 Å². The summed E-state index contributed by atoms with van der Waals surface area (Å²) in [6, 6.07) is 13.4. The number of nitrogens with one attached hydrogen (secondary N) is 1. The Bertz CT molecular complexity index is 1010. The molecule has 0 spiro atoms. The van der Waals surface area contributed by atoms with Gasteiger partial charge in [-0.25, -0.2) is 10.2 Å². The van der Waals surface area contributed by atoms with Crippen molar-refractivity contribution in [1.29, 1.82) is 0 Å². The number of piperidine rings is 1. The van der Waals surface area contributed by atoms with Gasteiger partial charge in [0.2, 0.25) is 5.91 Å². The minimum atomic E-state index is -0.493. The summed E-state index contributed by atoms with van der Waals surface area (Å²) in [5.41, 5.74) is 4.61. The highest BCUT2D eigenvalue weighted by Gasteiger charge is 2.29. The summed E-state index contributed by atoms with van der Waals surface area (Å²) in [5, 5.41) is 4.32. The predicted octanol–water partition coefficient (Wildman–Crippen LogP) is 3.87. The molecule has 3 heterocycles. The lowest BCUT2D eigenvalue weighted by atomic mass is 9.89. The minimum absolute atomic E-state index is 0.0436. The molecule has 0 bridgehead atoms. The topological polar surface area (TPSA) is 93.1 Å². The van der Waals surface area contributed by atoms with E-state index in [1.165, 1.54) is 0 Å². The zero-order valence-corrected chi connectivity index (χ0v) is 19.3. The predicted molar refractivity (Wildman–Crippen MR) is 124 cm³/mol. The summed E-state index contributed by atoms with van der Waals surface area (Å²) in [6.07, 6.45) is 3.31. The van der Waals surface area contributed by atoms with Crippen LogP contribution >= 0.6 is 0 Å². The molecule has 8 heteroatoms. The molecule has 2 aliphatic heterocycles. The zero-order valence-electron chi connectivity index (χ0n) is 19.3. The third-order valence-corrected chi connectivity index (χ3v) is 5.61. The van der Waals surface area contributed by atoms with E-state index in [1.54, 1.807) is 11.1 Å². The molecule has 0 saturated carbocycles. The number of amides is 2. The van der Waals surface area contributed by atoms with Crippen molar-refractivity contribution < 1.29 is 19.1 Å². The van der Waals surface area contributed by atoms with Crippen LogP contribution in [0.3, 0.4) is 0 Å². The van der Waals surface area contributed by atoms with Crippen LogP contribution in [0.5, 0.6) is 5.75 Å². The van der Waals surface area contributed by atoms with Gasteiger partial charge in [0.05, 0.1) is 11.6 Å². The number of aromatic nitrogens is 1. The smallest absolute Gasteiger partial charge is 0.410 e. The van der Waals surface area contributed by atoms with E-state index in [9.17, 15) is 9.59 Å². The molecule has 4 rings (SSSR count). The lowest BCUT2D eigenvalue weighted by molar-refractivity contribution is -0.121. The highest BCUT2D eigenvalue weighted by Crippen LogP contribution is 2.28. The Morgan fingerprint density at radius 3 is 2.45 bits per heavy atom. The monoisotopic (exact) mass is 450 g/mol. The molecule has 1 unspecified atom stereocenters. The summed E-state index contributed by atoms with van der Waals surface area (Å²) in [6.45, 7) is 6.83. The van der Waals surface area contributed by atoms with Crippen molar-refractivity contribution in [3.8, 4) is 5.75 Å². The third kappa shape index (κ3) is 5.88. The van der Waals surface area contributed by atoms with Crippen LogP contribution in [0.1, 0.15) is 57.2 Å². The Morgan fingerprint density at radius 1 is 1.09 bits per heavy atom. The molecule has 1 aromatic heterocycles. The largest absolute Gasteiger partial charge is 0.490 e. The number of hydrazone groups is 1. The summed E-state index contributed by atoms with van der Waals surface area (Å²) in [5.74, 6) is 0.459. The van der Waals surface area contributed by atoms with Crippen LogP contribution < -0.4 is 10.2 Å². The Hall–Kier alpha value is -3.42. The fraction of sp³-hybridized carbons (Fsp3) is 0.440. The number of hydrogen-bond acceptors (Lipinski definition) is 6. The van der Waals surface area contributed by atoms with E-state index >= 15 is 0 Å². The molecule has 0 radical (unpaired) electrons. The molecule has 1 N–H and O–H groups in total. The maximum atomic E-state index is 12.2. The molecular formula is C25H30N4O4. The molecule has 33 heavy (non-hydrogen) atoms. The minimum Gasteiger partial charge on any atom is -0.490 e. The van der Waals surface area contributed by atoms with E-state index in [4.69, 9.17) is 9.47 Å². The fourth-order valence-corrected chi connectivity index (χ4v) is 4.00. The Kier molecular flexibility index (Phi) is 6.62. The Balaban J connectivity index is 1.37. The second-order valence-electron chi connectivity index (χ2n) is 9.35. The molecule has 1 aromatic carbocycles. The second-order valence-corrected chi connectivity index (χ2v) is 9.35. The first kappa shape index (κ1) is 22.8. The van der Waals surface area contributed by atoms with Crippen molar-refractivity contribution in [2.24, 2.45) is 5.10 Å². The van der Waals surface area contributed by atoms with Gasteiger partial charge in [-0.1, -0.05) is 6.07 Å². The first-order chi connectivity index (χ1) is 15.8. The molecule has 2 amide bonds. The van der Waals surface area contributed by atoms with Crippen LogP contribution in [0.2, 0.25) is 0 Å². The van der Waals surface area contributed by atoms with E-state index in [0.29, 0.717) is 19.5 Å². The van der Waals surface area contributed by atoms with Crippen molar-refractivity contribution in [1.82, 2.24) is 15.3 Å². The number of pyridine rings is 1. The van der Waals surface area contributed by atoms with E-state index in [-0.39, 0.29) is 24.0 Å². The summed E-state index contributed by atoms with van der Waals surface area (Å²) in [4.78, 5) is 30.3. The SMILES string of the molecule is CC(C)(C)OC(=O)N1CCC(Oc2ccc(C3=NNC(=O)CC3c3ccccn3)cc2)CC1. The van der Waals surface area contributed by atoms with Gasteiger partial charge in [-0.2, -0.15) is 5.10 Å². The summed E-state index contributed by atoms with van der Waals surface area (Å²) in [7, 11) is 0. The van der Waals surface area contributed by atoms with Gasteiger partial charge in [0.15, 0.2) is 0 Å². The third-order valence-electron chi connectivity index (χ3n) is 5.61. The molecule has 2 aromatic rings. The van der Waals surface area contributed by atoms with Gasteiger partial charge in [-0.05, 0) is 62.7 Å². The van der Waals surface area contributed by atoms with Crippen LogP contribution in [0, 0.1) is 0 Å². The van der Waals surface area contributed by atoms with Crippen molar-refractivity contribution in [2.45, 2.75) is 57.7 Å². The Morgan fingerprint density at radius 2 is 1.82 bits per heavy atom. The molecule has 2 aliphatic rings. The average molecular weight is 451 g/mol. The number of carbonyl (C=O) groups is 2. The van der Waals surface area contributed by atoms with Crippen LogP contribution in [-0.2, 0) is 9.53 Å². The van der Waals surface area contributed by atoms with Gasteiger partial charge in [0, 0.05) is 44.2 Å². The van der Waals surface area contributed by atoms with Gasteiger partial charge < -0.3 is 14.4 Å². The van der Waals surface area contributed by atoms with Crippen molar-refractivity contribution in [2.75, 3.05) is 13.1 Å². The zero-order chi connectivity index (χ0) is 23.4. The highest BCUT2D eigenvalue weighted by molar-refractivity contribution is 6.08. The standard InChI is InChI=1S/C25H30N4O4/c1-25(2,3)33-24(31)29-14-11-19(12-15-29)32-18-9-7-17(8-10-18)23-20(16-22(30)27-28-23)21-6-4-5-13-26-21/h4-10,13,19-20H,11-12,14-16H2,1-3H3,(H,27,30). The number of benzene rings is 1. The molecule has 1 fully saturated rings. The molecule has 1 saturated heterocycles. The summed E-state index contributed by atoms with van der Waals surface area (Å²) >= 11 is 0. The van der Waals surface area contributed by atoms with Gasteiger partial charge in [0.1, 0.15) is 17.5 Å². The lowest BCUT2D eigenvalue weighted by Gasteiger charge is -2.33. The van der Waals surface area contributed by atoms with E-state index < -0.39 is 5.60 Å². The summed E-state index contributed by atoms with van der Waals surface area (Å²) < 4.78 is 11.6. The highest BCUT2D eigenvalue weighted by atomic mass is 16.6. The normalized spacial score (nSPS) is 19.5. The van der Waals surface area contributed by atoms with Crippen LogP contribution in [0.25, 0.3) is 0 Å². The van der Waals surface area contributed by atoms with Crippen molar-refractivity contribution in [3.63, 3.8) is 0 Å². The first-order valence-electron chi connectivity index (χ1n) is 11.3. The molecule has 0 aliphatic carbocycles. The first-order valence-corrected chi connectivity index (χ1v) is 11.3. The maximum Gasteiger partial charge on any atom is 0.410 e. The quantitative estimate of drug-likeness (QED) is 0.763. The number of hydrogen-bond donors (Lipinski definition) is 1.